The standard InChI is InChI=1S/C10H11FO3/c11-9-4-2-1-3-7(9)8(5-6-12)10(13)14/h1-4,8,12H,5-6H2,(H,13,14). The van der Waals surface area contributed by atoms with Crippen molar-refractivity contribution in [2.75, 3.05) is 6.61 Å². The molecule has 14 heavy (non-hydrogen) atoms. The summed E-state index contributed by atoms with van der Waals surface area (Å²) in [6.07, 6.45) is 0.0241. The van der Waals surface area contributed by atoms with Gasteiger partial charge in [-0.3, -0.25) is 4.79 Å². The van der Waals surface area contributed by atoms with E-state index in [0.29, 0.717) is 0 Å². The molecule has 1 atom stereocenters. The number of rotatable bonds is 4. The summed E-state index contributed by atoms with van der Waals surface area (Å²) < 4.78 is 13.2. The summed E-state index contributed by atoms with van der Waals surface area (Å²) in [5.41, 5.74) is 0.119. The Hall–Kier alpha value is -1.42. The molecular formula is C10H11FO3. The van der Waals surface area contributed by atoms with E-state index >= 15 is 0 Å². The van der Waals surface area contributed by atoms with Crippen molar-refractivity contribution < 1.29 is 19.4 Å². The lowest BCUT2D eigenvalue weighted by Crippen LogP contribution is -2.14. The molecule has 0 aliphatic rings. The van der Waals surface area contributed by atoms with Crippen molar-refractivity contribution >= 4 is 5.97 Å². The van der Waals surface area contributed by atoms with Crippen LogP contribution in [-0.4, -0.2) is 22.8 Å². The molecule has 0 aliphatic heterocycles. The Morgan fingerprint density at radius 1 is 1.43 bits per heavy atom. The number of halogens is 1. The van der Waals surface area contributed by atoms with Crippen LogP contribution in [0, 0.1) is 5.82 Å². The fourth-order valence-electron chi connectivity index (χ4n) is 1.30. The summed E-state index contributed by atoms with van der Waals surface area (Å²) in [6.45, 7) is -0.273. The van der Waals surface area contributed by atoms with Gasteiger partial charge in [0.15, 0.2) is 0 Å². The Morgan fingerprint density at radius 3 is 2.57 bits per heavy atom. The highest BCUT2D eigenvalue weighted by molar-refractivity contribution is 5.76. The summed E-state index contributed by atoms with van der Waals surface area (Å²) in [5, 5.41) is 17.5. The second kappa shape index (κ2) is 4.72. The van der Waals surface area contributed by atoms with Gasteiger partial charge < -0.3 is 10.2 Å². The third kappa shape index (κ3) is 2.29. The maximum absolute atomic E-state index is 13.2. The van der Waals surface area contributed by atoms with Crippen molar-refractivity contribution in [3.63, 3.8) is 0 Å². The summed E-state index contributed by atoms with van der Waals surface area (Å²) >= 11 is 0. The Kier molecular flexibility index (Phi) is 3.59. The summed E-state index contributed by atoms with van der Waals surface area (Å²) in [5.74, 6) is -2.64. The molecule has 76 valence electrons. The molecule has 0 saturated carbocycles. The van der Waals surface area contributed by atoms with E-state index in [1.165, 1.54) is 18.2 Å². The molecule has 0 amide bonds. The van der Waals surface area contributed by atoms with E-state index in [4.69, 9.17) is 10.2 Å². The third-order valence-corrected chi connectivity index (χ3v) is 2.00. The van der Waals surface area contributed by atoms with E-state index in [1.807, 2.05) is 0 Å². The van der Waals surface area contributed by atoms with E-state index in [0.717, 1.165) is 0 Å². The molecule has 2 N–H and O–H groups in total. The molecule has 0 aromatic heterocycles. The van der Waals surface area contributed by atoms with Gasteiger partial charge in [0.25, 0.3) is 0 Å². The first-order chi connectivity index (χ1) is 6.66. The van der Waals surface area contributed by atoms with E-state index in [2.05, 4.69) is 0 Å². The Balaban J connectivity index is 2.99. The summed E-state index contributed by atoms with van der Waals surface area (Å²) in [4.78, 5) is 10.8. The first-order valence-electron chi connectivity index (χ1n) is 4.25. The number of carboxylic acid groups (broad SMARTS) is 1. The average Bonchev–Trinajstić information content (AvgIpc) is 2.15. The van der Waals surface area contributed by atoms with Crippen LogP contribution in [0.4, 0.5) is 4.39 Å². The van der Waals surface area contributed by atoms with Gasteiger partial charge in [0.1, 0.15) is 5.82 Å². The van der Waals surface area contributed by atoms with Crippen LogP contribution in [0.25, 0.3) is 0 Å². The van der Waals surface area contributed by atoms with E-state index in [9.17, 15) is 9.18 Å². The number of aliphatic hydroxyl groups is 1. The lowest BCUT2D eigenvalue weighted by atomic mass is 9.96. The average molecular weight is 198 g/mol. The molecule has 1 aromatic carbocycles. The van der Waals surface area contributed by atoms with Crippen LogP contribution in [0.5, 0.6) is 0 Å². The van der Waals surface area contributed by atoms with Crippen molar-refractivity contribution in [2.24, 2.45) is 0 Å². The van der Waals surface area contributed by atoms with Crippen LogP contribution < -0.4 is 0 Å². The fraction of sp³-hybridized carbons (Fsp3) is 0.300. The Bertz CT molecular complexity index is 325. The molecule has 3 nitrogen and oxygen atoms in total. The molecule has 1 rings (SSSR count). The number of benzene rings is 1. The minimum Gasteiger partial charge on any atom is -0.481 e. The maximum Gasteiger partial charge on any atom is 0.311 e. The monoisotopic (exact) mass is 198 g/mol. The quantitative estimate of drug-likeness (QED) is 0.768. The van der Waals surface area contributed by atoms with Gasteiger partial charge in [0.2, 0.25) is 0 Å². The van der Waals surface area contributed by atoms with Crippen molar-refractivity contribution in [1.82, 2.24) is 0 Å². The Morgan fingerprint density at radius 2 is 2.07 bits per heavy atom. The van der Waals surface area contributed by atoms with E-state index in [1.54, 1.807) is 6.07 Å². The minimum atomic E-state index is -1.12. The number of carboxylic acids is 1. The summed E-state index contributed by atoms with van der Waals surface area (Å²) in [6, 6.07) is 5.70. The van der Waals surface area contributed by atoms with Gasteiger partial charge in [0.05, 0.1) is 5.92 Å². The molecule has 4 heteroatoms. The molecule has 0 heterocycles. The predicted octanol–water partition coefficient (Wildman–Crippen LogP) is 1.38. The highest BCUT2D eigenvalue weighted by Gasteiger charge is 2.21. The van der Waals surface area contributed by atoms with Gasteiger partial charge >= 0.3 is 5.97 Å². The number of aliphatic hydroxyl groups excluding tert-OH is 1. The van der Waals surface area contributed by atoms with E-state index < -0.39 is 17.7 Å². The lowest BCUT2D eigenvalue weighted by Gasteiger charge is -2.11. The second-order valence-corrected chi connectivity index (χ2v) is 2.92. The molecule has 0 bridgehead atoms. The molecule has 0 spiro atoms. The largest absolute Gasteiger partial charge is 0.481 e. The van der Waals surface area contributed by atoms with E-state index in [-0.39, 0.29) is 18.6 Å². The van der Waals surface area contributed by atoms with Gasteiger partial charge in [-0.25, -0.2) is 4.39 Å². The topological polar surface area (TPSA) is 57.5 Å². The van der Waals surface area contributed by atoms with Crippen molar-refractivity contribution in [1.29, 1.82) is 0 Å². The maximum atomic E-state index is 13.2. The van der Waals surface area contributed by atoms with Crippen LogP contribution in [0.1, 0.15) is 17.9 Å². The van der Waals surface area contributed by atoms with Crippen molar-refractivity contribution in [2.45, 2.75) is 12.3 Å². The number of carbonyl (C=O) groups is 1. The smallest absolute Gasteiger partial charge is 0.311 e. The molecule has 0 radical (unpaired) electrons. The van der Waals surface area contributed by atoms with Crippen LogP contribution in [0.3, 0.4) is 0 Å². The summed E-state index contributed by atoms with van der Waals surface area (Å²) in [7, 11) is 0. The first kappa shape index (κ1) is 10.7. The molecule has 0 saturated heterocycles. The lowest BCUT2D eigenvalue weighted by molar-refractivity contribution is -0.139. The van der Waals surface area contributed by atoms with Crippen LogP contribution >= 0.6 is 0 Å². The number of aliphatic carboxylic acids is 1. The second-order valence-electron chi connectivity index (χ2n) is 2.92. The van der Waals surface area contributed by atoms with Crippen molar-refractivity contribution in [3.8, 4) is 0 Å². The zero-order valence-electron chi connectivity index (χ0n) is 7.48. The highest BCUT2D eigenvalue weighted by Crippen LogP contribution is 2.22. The van der Waals surface area contributed by atoms with Gasteiger partial charge in [0, 0.05) is 12.2 Å². The zero-order valence-corrected chi connectivity index (χ0v) is 7.48. The number of hydrogen-bond donors (Lipinski definition) is 2. The first-order valence-corrected chi connectivity index (χ1v) is 4.25. The molecule has 0 fully saturated rings. The predicted molar refractivity (Wildman–Crippen MR) is 48.5 cm³/mol. The third-order valence-electron chi connectivity index (χ3n) is 2.00. The normalized spacial score (nSPS) is 12.4. The number of hydrogen-bond acceptors (Lipinski definition) is 2. The van der Waals surface area contributed by atoms with Crippen LogP contribution in [-0.2, 0) is 4.79 Å². The Labute approximate surface area is 80.8 Å². The zero-order chi connectivity index (χ0) is 10.6. The van der Waals surface area contributed by atoms with Gasteiger partial charge in [-0.2, -0.15) is 0 Å². The highest BCUT2D eigenvalue weighted by atomic mass is 19.1. The molecular weight excluding hydrogens is 187 g/mol. The van der Waals surface area contributed by atoms with Gasteiger partial charge in [-0.1, -0.05) is 18.2 Å². The van der Waals surface area contributed by atoms with Gasteiger partial charge in [-0.15, -0.1) is 0 Å². The molecule has 1 unspecified atom stereocenters. The van der Waals surface area contributed by atoms with Crippen LogP contribution in [0.2, 0.25) is 0 Å². The minimum absolute atomic E-state index is 0.0241. The fourth-order valence-corrected chi connectivity index (χ4v) is 1.30. The van der Waals surface area contributed by atoms with Crippen molar-refractivity contribution in [3.05, 3.63) is 35.6 Å². The van der Waals surface area contributed by atoms with Gasteiger partial charge in [-0.05, 0) is 12.5 Å². The van der Waals surface area contributed by atoms with Crippen LogP contribution in [0.15, 0.2) is 24.3 Å². The SMILES string of the molecule is O=C(O)C(CCO)c1ccccc1F. The molecule has 0 aliphatic carbocycles. The molecule has 1 aromatic rings.